The highest BCUT2D eigenvalue weighted by molar-refractivity contribution is 5.93. The van der Waals surface area contributed by atoms with Gasteiger partial charge in [-0.25, -0.2) is 0 Å². The van der Waals surface area contributed by atoms with Gasteiger partial charge in [-0.2, -0.15) is 0 Å². The second-order valence-electron chi connectivity index (χ2n) is 8.68. The fourth-order valence-electron chi connectivity index (χ4n) is 4.78. The molecule has 1 aliphatic heterocycles. The van der Waals surface area contributed by atoms with Crippen LogP contribution in [0.25, 0.3) is 11.3 Å². The summed E-state index contributed by atoms with van der Waals surface area (Å²) in [4.78, 5) is 15.2. The van der Waals surface area contributed by atoms with Gasteiger partial charge in [-0.1, -0.05) is 17.3 Å². The molecule has 1 atom stereocenters. The first-order chi connectivity index (χ1) is 15.2. The Kier molecular flexibility index (Phi) is 5.64. The summed E-state index contributed by atoms with van der Waals surface area (Å²) in [7, 11) is 0. The molecule has 6 nitrogen and oxygen atoms in total. The number of likely N-dealkylation sites (tertiary alicyclic amines) is 1. The van der Waals surface area contributed by atoms with Gasteiger partial charge in [-0.3, -0.25) is 9.69 Å². The predicted octanol–water partition coefficient (Wildman–Crippen LogP) is 4.69. The molecule has 0 radical (unpaired) electrons. The molecule has 3 heterocycles. The quantitative estimate of drug-likeness (QED) is 0.628. The summed E-state index contributed by atoms with van der Waals surface area (Å²) in [6, 6.07) is 12.2. The minimum atomic E-state index is -0.222. The number of aryl methyl sites for hydroxylation is 3. The normalized spacial score (nSPS) is 17.5. The average molecular weight is 420 g/mol. The molecule has 5 rings (SSSR count). The standard InChI is InChI=1S/C25H29N3O3/c1-17-8-11-23(30-17)22(28-12-4-5-13-28)16-26-25(29)21-15-24(31-27-21)20-10-9-18-6-2-3-7-19(18)14-20/h8-11,14-15,22H,2-7,12-13,16H2,1H3,(H,26,29). The molecule has 3 aromatic rings. The minimum absolute atomic E-state index is 0.0344. The third kappa shape index (κ3) is 4.30. The molecule has 31 heavy (non-hydrogen) atoms. The van der Waals surface area contributed by atoms with Crippen molar-refractivity contribution in [3.63, 3.8) is 0 Å². The molecule has 1 amide bonds. The molecule has 1 fully saturated rings. The van der Waals surface area contributed by atoms with Gasteiger partial charge in [-0.05, 0) is 87.9 Å². The Labute approximate surface area is 182 Å². The molecule has 0 spiro atoms. The number of aromatic nitrogens is 1. The summed E-state index contributed by atoms with van der Waals surface area (Å²) in [5.74, 6) is 2.20. The lowest BCUT2D eigenvalue weighted by atomic mass is 9.90. The molecule has 6 heteroatoms. The fourth-order valence-corrected chi connectivity index (χ4v) is 4.78. The highest BCUT2D eigenvalue weighted by Crippen LogP contribution is 2.29. The summed E-state index contributed by atoms with van der Waals surface area (Å²) < 4.78 is 11.4. The number of fused-ring (bicyclic) bond motifs is 1. The Bertz CT molecular complexity index is 1060. The molecule has 162 valence electrons. The summed E-state index contributed by atoms with van der Waals surface area (Å²) in [5.41, 5.74) is 4.10. The van der Waals surface area contributed by atoms with Crippen LogP contribution in [0, 0.1) is 6.92 Å². The Balaban J connectivity index is 1.28. The van der Waals surface area contributed by atoms with Crippen molar-refractivity contribution in [2.45, 2.75) is 51.5 Å². The molecule has 1 aliphatic carbocycles. The molecule has 1 aromatic carbocycles. The van der Waals surface area contributed by atoms with Gasteiger partial charge in [0, 0.05) is 18.2 Å². The van der Waals surface area contributed by atoms with E-state index in [4.69, 9.17) is 8.94 Å². The molecule has 1 unspecified atom stereocenters. The van der Waals surface area contributed by atoms with Gasteiger partial charge >= 0.3 is 0 Å². The Hall–Kier alpha value is -2.86. The number of rotatable bonds is 6. The van der Waals surface area contributed by atoms with Crippen LogP contribution in [-0.4, -0.2) is 35.6 Å². The summed E-state index contributed by atoms with van der Waals surface area (Å²) in [6.45, 7) is 4.47. The first-order valence-electron chi connectivity index (χ1n) is 11.3. The average Bonchev–Trinajstić information content (AvgIpc) is 3.56. The number of hydrogen-bond acceptors (Lipinski definition) is 5. The van der Waals surface area contributed by atoms with Crippen LogP contribution in [0.2, 0.25) is 0 Å². The van der Waals surface area contributed by atoms with E-state index in [0.29, 0.717) is 18.0 Å². The summed E-state index contributed by atoms with van der Waals surface area (Å²) >= 11 is 0. The van der Waals surface area contributed by atoms with Crippen LogP contribution in [0.1, 0.15) is 64.9 Å². The van der Waals surface area contributed by atoms with E-state index in [1.165, 1.54) is 36.8 Å². The number of amides is 1. The van der Waals surface area contributed by atoms with E-state index in [9.17, 15) is 4.79 Å². The monoisotopic (exact) mass is 419 g/mol. The highest BCUT2D eigenvalue weighted by Gasteiger charge is 2.27. The zero-order chi connectivity index (χ0) is 21.2. The van der Waals surface area contributed by atoms with E-state index >= 15 is 0 Å². The van der Waals surface area contributed by atoms with Crippen molar-refractivity contribution in [3.05, 3.63) is 64.7 Å². The van der Waals surface area contributed by atoms with Gasteiger partial charge in [0.2, 0.25) is 0 Å². The lowest BCUT2D eigenvalue weighted by Gasteiger charge is -2.25. The van der Waals surface area contributed by atoms with Crippen molar-refractivity contribution in [2.24, 2.45) is 0 Å². The van der Waals surface area contributed by atoms with Crippen LogP contribution in [0.5, 0.6) is 0 Å². The molecule has 0 saturated carbocycles. The number of benzene rings is 1. The van der Waals surface area contributed by atoms with Crippen molar-refractivity contribution in [3.8, 4) is 11.3 Å². The molecule has 1 N–H and O–H groups in total. The fraction of sp³-hybridized carbons (Fsp3) is 0.440. The Morgan fingerprint density at radius 1 is 1.06 bits per heavy atom. The van der Waals surface area contributed by atoms with Gasteiger partial charge in [0.05, 0.1) is 6.04 Å². The van der Waals surface area contributed by atoms with E-state index in [1.807, 2.05) is 19.1 Å². The number of carbonyl (C=O) groups is 1. The predicted molar refractivity (Wildman–Crippen MR) is 118 cm³/mol. The smallest absolute Gasteiger partial charge is 0.273 e. The lowest BCUT2D eigenvalue weighted by molar-refractivity contribution is 0.0924. The Morgan fingerprint density at radius 3 is 2.65 bits per heavy atom. The van der Waals surface area contributed by atoms with Crippen molar-refractivity contribution in [2.75, 3.05) is 19.6 Å². The molecular formula is C25H29N3O3. The van der Waals surface area contributed by atoms with Gasteiger partial charge in [0.15, 0.2) is 11.5 Å². The van der Waals surface area contributed by atoms with Crippen LogP contribution >= 0.6 is 0 Å². The first kappa shape index (κ1) is 20.1. The number of nitrogens with one attached hydrogen (secondary N) is 1. The third-order valence-corrected chi connectivity index (χ3v) is 6.50. The second kappa shape index (κ2) is 8.71. The van der Waals surface area contributed by atoms with E-state index in [0.717, 1.165) is 43.0 Å². The Morgan fingerprint density at radius 2 is 1.87 bits per heavy atom. The highest BCUT2D eigenvalue weighted by atomic mass is 16.5. The third-order valence-electron chi connectivity index (χ3n) is 6.50. The van der Waals surface area contributed by atoms with Gasteiger partial charge in [0.1, 0.15) is 11.5 Å². The van der Waals surface area contributed by atoms with Gasteiger partial charge in [0.25, 0.3) is 5.91 Å². The maximum Gasteiger partial charge on any atom is 0.273 e. The minimum Gasteiger partial charge on any atom is -0.465 e. The zero-order valence-electron chi connectivity index (χ0n) is 18.0. The van der Waals surface area contributed by atoms with Crippen molar-refractivity contribution >= 4 is 5.91 Å². The van der Waals surface area contributed by atoms with E-state index < -0.39 is 0 Å². The number of furan rings is 1. The van der Waals surface area contributed by atoms with Crippen LogP contribution in [0.15, 0.2) is 45.3 Å². The second-order valence-corrected chi connectivity index (χ2v) is 8.68. The lowest BCUT2D eigenvalue weighted by Crippen LogP contribution is -2.36. The van der Waals surface area contributed by atoms with Crippen LogP contribution in [-0.2, 0) is 12.8 Å². The van der Waals surface area contributed by atoms with Crippen LogP contribution < -0.4 is 5.32 Å². The molecule has 2 aromatic heterocycles. The van der Waals surface area contributed by atoms with Crippen molar-refractivity contribution < 1.29 is 13.7 Å². The summed E-state index contributed by atoms with van der Waals surface area (Å²) in [5, 5.41) is 7.07. The molecular weight excluding hydrogens is 390 g/mol. The molecule has 1 saturated heterocycles. The number of nitrogens with zero attached hydrogens (tertiary/aromatic N) is 2. The molecule has 2 aliphatic rings. The largest absolute Gasteiger partial charge is 0.465 e. The van der Waals surface area contributed by atoms with E-state index in [-0.39, 0.29) is 11.9 Å². The topological polar surface area (TPSA) is 71.5 Å². The van der Waals surface area contributed by atoms with E-state index in [1.54, 1.807) is 6.07 Å². The van der Waals surface area contributed by atoms with E-state index in [2.05, 4.69) is 33.6 Å². The molecule has 0 bridgehead atoms. The van der Waals surface area contributed by atoms with Crippen molar-refractivity contribution in [1.29, 1.82) is 0 Å². The van der Waals surface area contributed by atoms with Crippen molar-refractivity contribution in [1.82, 2.24) is 15.4 Å². The number of carbonyl (C=O) groups excluding carboxylic acids is 1. The van der Waals surface area contributed by atoms with Crippen LogP contribution in [0.3, 0.4) is 0 Å². The number of hydrogen-bond donors (Lipinski definition) is 1. The maximum atomic E-state index is 12.8. The van der Waals surface area contributed by atoms with Gasteiger partial charge < -0.3 is 14.3 Å². The zero-order valence-corrected chi connectivity index (χ0v) is 18.0. The summed E-state index contributed by atoms with van der Waals surface area (Å²) in [6.07, 6.45) is 7.10. The van der Waals surface area contributed by atoms with Crippen LogP contribution in [0.4, 0.5) is 0 Å². The van der Waals surface area contributed by atoms with Gasteiger partial charge in [-0.15, -0.1) is 0 Å². The SMILES string of the molecule is Cc1ccc(C(CNC(=O)c2cc(-c3ccc4c(c3)CCCC4)on2)N2CCCC2)o1. The maximum absolute atomic E-state index is 12.8. The first-order valence-corrected chi connectivity index (χ1v) is 11.3.